The maximum absolute atomic E-state index is 13.6. The molecule has 2 aliphatic rings. The van der Waals surface area contributed by atoms with Crippen molar-refractivity contribution in [1.29, 1.82) is 0 Å². The Kier molecular flexibility index (Phi) is 4.59. The molecule has 1 aliphatic heterocycles. The second-order valence-corrected chi connectivity index (χ2v) is 7.19. The third-order valence-corrected chi connectivity index (χ3v) is 5.36. The van der Waals surface area contributed by atoms with Gasteiger partial charge < -0.3 is 9.84 Å². The summed E-state index contributed by atoms with van der Waals surface area (Å²) >= 11 is 0. The number of Topliss-reactive ketones (excluding diaryl/α,β-unsaturated/α-hetero) is 1. The Morgan fingerprint density at radius 1 is 1.19 bits per heavy atom. The first-order valence-electron chi connectivity index (χ1n) is 8.90. The molecule has 1 aromatic carbocycles. The average molecular weight is 356 g/mol. The second-order valence-electron chi connectivity index (χ2n) is 7.19. The van der Waals surface area contributed by atoms with Crippen LogP contribution in [0.4, 0.5) is 4.39 Å². The number of hydrogen-bond acceptors (Lipinski definition) is 5. The van der Waals surface area contributed by atoms with E-state index >= 15 is 0 Å². The first-order chi connectivity index (χ1) is 12.6. The average Bonchev–Trinajstić information content (AvgIpc) is 3.15. The van der Waals surface area contributed by atoms with Crippen LogP contribution in [0.25, 0.3) is 0 Å². The van der Waals surface area contributed by atoms with Crippen LogP contribution in [0.15, 0.2) is 42.6 Å². The number of benzene rings is 1. The lowest BCUT2D eigenvalue weighted by Crippen LogP contribution is -2.30. The molecule has 4 rings (SSSR count). The minimum absolute atomic E-state index is 0.0126. The van der Waals surface area contributed by atoms with Gasteiger partial charge in [-0.25, -0.2) is 4.98 Å². The van der Waals surface area contributed by atoms with Crippen molar-refractivity contribution in [2.24, 2.45) is 11.8 Å². The van der Waals surface area contributed by atoms with Crippen molar-refractivity contribution in [3.63, 3.8) is 0 Å². The molecule has 2 fully saturated rings. The van der Waals surface area contributed by atoms with E-state index in [0.29, 0.717) is 23.9 Å². The Hall–Kier alpha value is -2.47. The topological polar surface area (TPSA) is 62.7 Å². The number of ketones is 1. The van der Waals surface area contributed by atoms with E-state index in [-0.39, 0.29) is 23.4 Å². The summed E-state index contributed by atoms with van der Waals surface area (Å²) in [7, 11) is 0. The number of likely N-dealkylation sites (tertiary alicyclic amines) is 1. The quantitative estimate of drug-likeness (QED) is 0.659. The number of halogens is 1. The largest absolute Gasteiger partial charge is 0.508 e. The summed E-state index contributed by atoms with van der Waals surface area (Å²) in [6.45, 7) is 2.12. The van der Waals surface area contributed by atoms with Crippen LogP contribution in [-0.4, -0.2) is 46.5 Å². The number of nitrogens with zero attached hydrogens (tertiary/aromatic N) is 2. The zero-order valence-electron chi connectivity index (χ0n) is 14.3. The molecule has 2 aromatic rings. The van der Waals surface area contributed by atoms with Crippen LogP contribution >= 0.6 is 0 Å². The first-order valence-corrected chi connectivity index (χ1v) is 8.90. The van der Waals surface area contributed by atoms with Gasteiger partial charge in [-0.3, -0.25) is 9.69 Å². The van der Waals surface area contributed by atoms with E-state index in [4.69, 9.17) is 4.74 Å². The predicted octanol–water partition coefficient (Wildman–Crippen LogP) is 2.90. The lowest BCUT2D eigenvalue weighted by Gasteiger charge is -2.19. The van der Waals surface area contributed by atoms with Crippen LogP contribution in [0.5, 0.6) is 11.5 Å². The SMILES string of the molecule is O=C(CN1C[C@H]2CC(Oc3cccnc3F)C[C@H]2C1)c1ccc(O)cc1. The Bertz CT molecular complexity index is 782. The highest BCUT2D eigenvalue weighted by atomic mass is 19.1. The second kappa shape index (κ2) is 7.03. The van der Waals surface area contributed by atoms with Gasteiger partial charge in [0.05, 0.1) is 12.6 Å². The highest BCUT2D eigenvalue weighted by Crippen LogP contribution is 2.39. The van der Waals surface area contributed by atoms with Gasteiger partial charge in [0.1, 0.15) is 5.75 Å². The normalized spacial score (nSPS) is 25.2. The Labute approximate surface area is 151 Å². The summed E-state index contributed by atoms with van der Waals surface area (Å²) in [5.74, 6) is 0.839. The van der Waals surface area contributed by atoms with E-state index in [9.17, 15) is 14.3 Å². The van der Waals surface area contributed by atoms with Gasteiger partial charge >= 0.3 is 0 Å². The molecule has 5 nitrogen and oxygen atoms in total. The third-order valence-electron chi connectivity index (χ3n) is 5.36. The van der Waals surface area contributed by atoms with Crippen molar-refractivity contribution in [2.75, 3.05) is 19.6 Å². The lowest BCUT2D eigenvalue weighted by atomic mass is 10.0. The number of aromatic nitrogens is 1. The van der Waals surface area contributed by atoms with Gasteiger partial charge in [-0.15, -0.1) is 0 Å². The maximum atomic E-state index is 13.6. The van der Waals surface area contributed by atoms with Gasteiger partial charge in [-0.2, -0.15) is 4.39 Å². The first kappa shape index (κ1) is 17.0. The molecule has 0 spiro atoms. The molecule has 1 aromatic heterocycles. The van der Waals surface area contributed by atoms with Crippen LogP contribution in [-0.2, 0) is 0 Å². The van der Waals surface area contributed by atoms with Crippen LogP contribution in [0, 0.1) is 17.8 Å². The predicted molar refractivity (Wildman–Crippen MR) is 93.7 cm³/mol. The maximum Gasteiger partial charge on any atom is 0.255 e. The van der Waals surface area contributed by atoms with Gasteiger partial charge in [0.15, 0.2) is 11.5 Å². The van der Waals surface area contributed by atoms with Crippen LogP contribution < -0.4 is 4.74 Å². The smallest absolute Gasteiger partial charge is 0.255 e. The number of hydrogen-bond donors (Lipinski definition) is 1. The summed E-state index contributed by atoms with van der Waals surface area (Å²) in [6.07, 6.45) is 3.18. The zero-order chi connectivity index (χ0) is 18.1. The van der Waals surface area contributed by atoms with Crippen LogP contribution in [0.1, 0.15) is 23.2 Å². The number of phenols is 1. The molecule has 136 valence electrons. The number of rotatable bonds is 5. The molecule has 1 unspecified atom stereocenters. The molecular weight excluding hydrogens is 335 g/mol. The van der Waals surface area contributed by atoms with Crippen molar-refractivity contribution in [2.45, 2.75) is 18.9 Å². The van der Waals surface area contributed by atoms with Gasteiger partial charge in [0.2, 0.25) is 0 Å². The summed E-state index contributed by atoms with van der Waals surface area (Å²) < 4.78 is 19.4. The number of aromatic hydroxyl groups is 1. The zero-order valence-corrected chi connectivity index (χ0v) is 14.3. The van der Waals surface area contributed by atoms with Crippen molar-refractivity contribution in [1.82, 2.24) is 9.88 Å². The molecular formula is C20H21FN2O3. The fourth-order valence-electron chi connectivity index (χ4n) is 4.15. The van der Waals surface area contributed by atoms with Gasteiger partial charge in [0.25, 0.3) is 5.95 Å². The molecule has 0 amide bonds. The molecule has 1 saturated carbocycles. The summed E-state index contributed by atoms with van der Waals surface area (Å²) in [4.78, 5) is 18.2. The summed E-state index contributed by atoms with van der Waals surface area (Å²) in [5.41, 5.74) is 0.619. The highest BCUT2D eigenvalue weighted by Gasteiger charge is 2.42. The number of ether oxygens (including phenoxy) is 1. The third kappa shape index (κ3) is 3.55. The fourth-order valence-corrected chi connectivity index (χ4v) is 4.15. The standard InChI is InChI=1S/C20H21FN2O3/c21-20-19(2-1-7-22-20)26-17-8-14-10-23(11-15(14)9-17)12-18(25)13-3-5-16(24)6-4-13/h1-7,14-15,17,24H,8-12H2/t14-,15+,17?. The number of pyridine rings is 1. The Balaban J connectivity index is 1.30. The highest BCUT2D eigenvalue weighted by molar-refractivity contribution is 5.97. The monoisotopic (exact) mass is 356 g/mol. The summed E-state index contributed by atoms with van der Waals surface area (Å²) in [6, 6.07) is 9.66. The molecule has 0 bridgehead atoms. The van der Waals surface area contributed by atoms with E-state index in [0.717, 1.165) is 25.9 Å². The van der Waals surface area contributed by atoms with Crippen LogP contribution in [0.2, 0.25) is 0 Å². The van der Waals surface area contributed by atoms with Crippen molar-refractivity contribution < 1.29 is 19.0 Å². The number of phenolic OH excluding ortho intramolecular Hbond substituents is 1. The fraction of sp³-hybridized carbons (Fsp3) is 0.400. The van der Waals surface area contributed by atoms with Crippen molar-refractivity contribution in [3.8, 4) is 11.5 Å². The van der Waals surface area contributed by atoms with E-state index in [1.54, 1.807) is 24.3 Å². The molecule has 3 atom stereocenters. The molecule has 6 heteroatoms. The Morgan fingerprint density at radius 3 is 2.54 bits per heavy atom. The van der Waals surface area contributed by atoms with E-state index < -0.39 is 5.95 Å². The van der Waals surface area contributed by atoms with E-state index in [1.165, 1.54) is 18.3 Å². The van der Waals surface area contributed by atoms with Crippen LogP contribution in [0.3, 0.4) is 0 Å². The minimum Gasteiger partial charge on any atom is -0.508 e. The molecule has 26 heavy (non-hydrogen) atoms. The molecule has 1 N–H and O–H groups in total. The van der Waals surface area contributed by atoms with Gasteiger partial charge in [0, 0.05) is 24.8 Å². The molecule has 0 radical (unpaired) electrons. The Morgan fingerprint density at radius 2 is 1.88 bits per heavy atom. The number of carbonyl (C=O) groups excluding carboxylic acids is 1. The van der Waals surface area contributed by atoms with Crippen molar-refractivity contribution in [3.05, 3.63) is 54.1 Å². The summed E-state index contributed by atoms with van der Waals surface area (Å²) in [5, 5.41) is 9.32. The molecule has 1 saturated heterocycles. The van der Waals surface area contributed by atoms with Crippen molar-refractivity contribution >= 4 is 5.78 Å². The lowest BCUT2D eigenvalue weighted by molar-refractivity contribution is 0.0936. The van der Waals surface area contributed by atoms with Gasteiger partial charge in [-0.1, -0.05) is 0 Å². The van der Waals surface area contributed by atoms with E-state index in [2.05, 4.69) is 9.88 Å². The van der Waals surface area contributed by atoms with E-state index in [1.807, 2.05) is 0 Å². The molecule has 1 aliphatic carbocycles. The number of fused-ring (bicyclic) bond motifs is 1. The minimum atomic E-state index is -0.564. The number of carbonyl (C=O) groups is 1. The van der Waals surface area contributed by atoms with Gasteiger partial charge in [-0.05, 0) is 61.1 Å². The molecule has 2 heterocycles.